The van der Waals surface area contributed by atoms with Gasteiger partial charge in [0.15, 0.2) is 5.75 Å². The van der Waals surface area contributed by atoms with Crippen LogP contribution in [0, 0.1) is 0 Å². The summed E-state index contributed by atoms with van der Waals surface area (Å²) in [5, 5.41) is 8.56. The van der Waals surface area contributed by atoms with Crippen LogP contribution in [0.2, 0.25) is 5.02 Å². The van der Waals surface area contributed by atoms with E-state index < -0.39 is 21.7 Å². The predicted molar refractivity (Wildman–Crippen MR) is 182 cm³/mol. The predicted octanol–water partition coefficient (Wildman–Crippen LogP) is 4.89. The Morgan fingerprint density at radius 1 is 1.04 bits per heavy atom. The fourth-order valence-corrected chi connectivity index (χ4v) is 6.03. The largest absolute Gasteiger partial charge is 0.492 e. The molecule has 4 aromatic rings. The zero-order valence-corrected chi connectivity index (χ0v) is 28.5. The lowest BCUT2D eigenvalue weighted by atomic mass is 9.86. The number of nitrogens with one attached hydrogen (secondary N) is 2. The number of ketones is 1. The molecule has 2 heterocycles. The number of rotatable bonds is 11. The van der Waals surface area contributed by atoms with E-state index >= 15 is 0 Å². The van der Waals surface area contributed by atoms with Crippen molar-refractivity contribution in [3.05, 3.63) is 70.9 Å². The first kappa shape index (κ1) is 34.2. The number of hydrogen-bond donors (Lipinski definition) is 2. The number of benzene rings is 3. The first-order chi connectivity index (χ1) is 22.2. The normalized spacial score (nSPS) is 14.2. The van der Waals surface area contributed by atoms with Crippen molar-refractivity contribution in [2.75, 3.05) is 62.9 Å². The number of morpholine rings is 1. The summed E-state index contributed by atoms with van der Waals surface area (Å²) in [4.78, 5) is 29.4. The summed E-state index contributed by atoms with van der Waals surface area (Å²) < 4.78 is 45.4. The Kier molecular flexibility index (Phi) is 10.1. The lowest BCUT2D eigenvalue weighted by Crippen LogP contribution is -2.38. The number of carbonyl (C=O) groups excluding carboxylic acids is 2. The van der Waals surface area contributed by atoms with Crippen molar-refractivity contribution < 1.29 is 32.2 Å². The Morgan fingerprint density at radius 2 is 1.79 bits per heavy atom. The number of aromatic nitrogens is 2. The standard InChI is InChI=1S/C33H38ClN5O7S/c1-33(2,3)21-18-26(37-47(5,42)43)31(44-4)27(19-21)39-29(10-11-35-39)36-32(41)30(40)24-8-9-28(23-7-6-22(34)20-25(23)24)46-17-14-38-12-15-45-16-13-38/h6-11,18-20,37H,12-17H2,1-5H3,(H,36,41). The number of sulfonamides is 1. The molecule has 0 unspecified atom stereocenters. The van der Waals surface area contributed by atoms with Gasteiger partial charge in [-0.2, -0.15) is 5.10 Å². The minimum atomic E-state index is -3.66. The molecule has 0 radical (unpaired) electrons. The number of hydrogen-bond acceptors (Lipinski definition) is 9. The van der Waals surface area contributed by atoms with E-state index in [9.17, 15) is 18.0 Å². The van der Waals surface area contributed by atoms with Gasteiger partial charge < -0.3 is 19.5 Å². The highest BCUT2D eigenvalue weighted by molar-refractivity contribution is 7.92. The van der Waals surface area contributed by atoms with Crippen LogP contribution in [0.15, 0.2) is 54.7 Å². The number of Topliss-reactive ketones (excluding diaryl/α,β-unsaturated/α-hetero) is 1. The van der Waals surface area contributed by atoms with E-state index in [4.69, 9.17) is 25.8 Å². The third-order valence-electron chi connectivity index (χ3n) is 7.71. The van der Waals surface area contributed by atoms with Crippen molar-refractivity contribution in [1.29, 1.82) is 0 Å². The Balaban J connectivity index is 1.44. The number of nitrogens with zero attached hydrogens (tertiary/aromatic N) is 3. The fraction of sp³-hybridized carbons (Fsp3) is 0.364. The number of carbonyl (C=O) groups is 2. The number of methoxy groups -OCH3 is 1. The van der Waals surface area contributed by atoms with Crippen molar-refractivity contribution in [3.8, 4) is 17.2 Å². The van der Waals surface area contributed by atoms with Gasteiger partial charge in [-0.05, 0) is 58.8 Å². The van der Waals surface area contributed by atoms with Crippen LogP contribution in [0.1, 0.15) is 36.7 Å². The molecule has 1 amide bonds. The average molecular weight is 684 g/mol. The molecule has 14 heteroatoms. The van der Waals surface area contributed by atoms with E-state index in [0.29, 0.717) is 47.1 Å². The van der Waals surface area contributed by atoms with Gasteiger partial charge in [0.05, 0.1) is 38.5 Å². The van der Waals surface area contributed by atoms with Crippen LogP contribution in [0.4, 0.5) is 11.5 Å². The third-order valence-corrected chi connectivity index (χ3v) is 8.53. The molecular weight excluding hydrogens is 646 g/mol. The topological polar surface area (TPSA) is 141 Å². The third kappa shape index (κ3) is 8.04. The average Bonchev–Trinajstić information content (AvgIpc) is 3.47. The van der Waals surface area contributed by atoms with Crippen molar-refractivity contribution >= 4 is 55.6 Å². The summed E-state index contributed by atoms with van der Waals surface area (Å²) in [6, 6.07) is 13.4. The second-order valence-corrected chi connectivity index (χ2v) is 14.4. The fourth-order valence-electron chi connectivity index (χ4n) is 5.31. The molecule has 12 nitrogen and oxygen atoms in total. The molecule has 0 spiro atoms. The van der Waals surface area contributed by atoms with E-state index in [2.05, 4.69) is 20.0 Å². The van der Waals surface area contributed by atoms with Gasteiger partial charge in [0.25, 0.3) is 11.7 Å². The number of ether oxygens (including phenoxy) is 3. The number of fused-ring (bicyclic) bond motifs is 1. The number of halogens is 1. The minimum absolute atomic E-state index is 0.151. The monoisotopic (exact) mass is 683 g/mol. The highest BCUT2D eigenvalue weighted by Crippen LogP contribution is 2.39. The lowest BCUT2D eigenvalue weighted by molar-refractivity contribution is -0.112. The summed E-state index contributed by atoms with van der Waals surface area (Å²) >= 11 is 6.33. The summed E-state index contributed by atoms with van der Waals surface area (Å²) in [7, 11) is -2.26. The van der Waals surface area contributed by atoms with E-state index in [-0.39, 0.29) is 28.2 Å². The minimum Gasteiger partial charge on any atom is -0.492 e. The van der Waals surface area contributed by atoms with Crippen LogP contribution in [0.5, 0.6) is 11.5 Å². The maximum Gasteiger partial charge on any atom is 0.297 e. The molecule has 47 heavy (non-hydrogen) atoms. The second kappa shape index (κ2) is 13.9. The molecule has 1 aromatic heterocycles. The Labute approximate surface area is 279 Å². The quantitative estimate of drug-likeness (QED) is 0.167. The van der Waals surface area contributed by atoms with E-state index in [1.54, 1.807) is 42.5 Å². The van der Waals surface area contributed by atoms with Gasteiger partial charge in [-0.25, -0.2) is 13.1 Å². The van der Waals surface area contributed by atoms with Gasteiger partial charge in [-0.3, -0.25) is 19.2 Å². The highest BCUT2D eigenvalue weighted by atomic mass is 35.5. The molecule has 2 N–H and O–H groups in total. The maximum absolute atomic E-state index is 13.6. The Morgan fingerprint density at radius 3 is 2.47 bits per heavy atom. The molecule has 0 saturated carbocycles. The highest BCUT2D eigenvalue weighted by Gasteiger charge is 2.26. The summed E-state index contributed by atoms with van der Waals surface area (Å²) in [5.74, 6) is -0.777. The van der Waals surface area contributed by atoms with Crippen LogP contribution < -0.4 is 19.5 Å². The summed E-state index contributed by atoms with van der Waals surface area (Å²) in [6.07, 6.45) is 2.49. The molecule has 1 aliphatic heterocycles. The van der Waals surface area contributed by atoms with Gasteiger partial charge in [-0.15, -0.1) is 0 Å². The summed E-state index contributed by atoms with van der Waals surface area (Å²) in [5.41, 5.74) is 1.10. The van der Waals surface area contributed by atoms with Crippen LogP contribution >= 0.6 is 11.6 Å². The van der Waals surface area contributed by atoms with Crippen molar-refractivity contribution in [1.82, 2.24) is 14.7 Å². The molecule has 0 atom stereocenters. The van der Waals surface area contributed by atoms with Crippen molar-refractivity contribution in [3.63, 3.8) is 0 Å². The number of anilines is 2. The van der Waals surface area contributed by atoms with Crippen LogP contribution in [0.3, 0.4) is 0 Å². The van der Waals surface area contributed by atoms with Crippen LogP contribution in [-0.4, -0.2) is 87.6 Å². The van der Waals surface area contributed by atoms with Crippen molar-refractivity contribution in [2.45, 2.75) is 26.2 Å². The lowest BCUT2D eigenvalue weighted by Gasteiger charge is -2.26. The smallest absolute Gasteiger partial charge is 0.297 e. The first-order valence-corrected chi connectivity index (χ1v) is 17.3. The van der Waals surface area contributed by atoms with E-state index in [0.717, 1.165) is 31.5 Å². The molecule has 1 fully saturated rings. The Hall–Kier alpha value is -4.17. The van der Waals surface area contributed by atoms with Crippen molar-refractivity contribution in [2.24, 2.45) is 0 Å². The molecule has 5 rings (SSSR count). The molecule has 250 valence electrons. The molecule has 0 aliphatic carbocycles. The van der Waals surface area contributed by atoms with E-state index in [1.807, 2.05) is 20.8 Å². The zero-order valence-electron chi connectivity index (χ0n) is 26.9. The summed E-state index contributed by atoms with van der Waals surface area (Å²) in [6.45, 7) is 10.2. The first-order valence-electron chi connectivity index (χ1n) is 15.0. The molecule has 1 aliphatic rings. The van der Waals surface area contributed by atoms with Gasteiger partial charge in [-0.1, -0.05) is 32.4 Å². The van der Waals surface area contributed by atoms with Gasteiger partial charge >= 0.3 is 0 Å². The second-order valence-electron chi connectivity index (χ2n) is 12.2. The maximum atomic E-state index is 13.6. The van der Waals surface area contributed by atoms with Crippen LogP contribution in [-0.2, 0) is 25.0 Å². The van der Waals surface area contributed by atoms with Gasteiger partial charge in [0, 0.05) is 41.7 Å². The number of amides is 1. The van der Waals surface area contributed by atoms with E-state index in [1.165, 1.54) is 24.1 Å². The van der Waals surface area contributed by atoms with Gasteiger partial charge in [0.2, 0.25) is 10.0 Å². The zero-order chi connectivity index (χ0) is 33.9. The molecule has 0 bridgehead atoms. The Bertz CT molecular complexity index is 1910. The van der Waals surface area contributed by atoms with Gasteiger partial charge in [0.1, 0.15) is 23.9 Å². The molecular formula is C33H38ClN5O7S. The molecule has 3 aromatic carbocycles. The SMILES string of the molecule is COc1c(NS(C)(=O)=O)cc(C(C)(C)C)cc1-n1nccc1NC(=O)C(=O)c1ccc(OCCN2CCOCC2)c2ccc(Cl)cc12. The molecule has 1 saturated heterocycles. The van der Waals surface area contributed by atoms with Crippen LogP contribution in [0.25, 0.3) is 16.5 Å².